The highest BCUT2D eigenvalue weighted by Gasteiger charge is 2.01. The fourth-order valence-corrected chi connectivity index (χ4v) is 1.40. The molecule has 0 spiro atoms. The molecule has 18 heavy (non-hydrogen) atoms. The van der Waals surface area contributed by atoms with E-state index in [0.29, 0.717) is 11.3 Å². The molecular weight excluding hydrogens is 226 g/mol. The molecule has 0 aliphatic heterocycles. The van der Waals surface area contributed by atoms with E-state index in [0.717, 1.165) is 5.56 Å². The minimum absolute atomic E-state index is 0.234. The fourth-order valence-electron chi connectivity index (χ4n) is 1.40. The summed E-state index contributed by atoms with van der Waals surface area (Å²) in [7, 11) is 0. The van der Waals surface area contributed by atoms with Gasteiger partial charge in [0.2, 0.25) is 0 Å². The smallest absolute Gasteiger partial charge is 0.271 e. The van der Waals surface area contributed by atoms with Gasteiger partial charge in [-0.05, 0) is 29.8 Å². The average Bonchev–Trinajstić information content (AvgIpc) is 2.42. The molecule has 0 saturated heterocycles. The van der Waals surface area contributed by atoms with Gasteiger partial charge in [0.05, 0.1) is 6.21 Å². The predicted octanol–water partition coefficient (Wildman–Crippen LogP) is 2.03. The van der Waals surface area contributed by atoms with Crippen molar-refractivity contribution in [2.75, 3.05) is 5.73 Å². The number of nitrogens with two attached hydrogens (primary N) is 1. The van der Waals surface area contributed by atoms with Gasteiger partial charge in [0.1, 0.15) is 0 Å². The summed E-state index contributed by atoms with van der Waals surface area (Å²) in [5.41, 5.74) is 10.2. The number of carbonyl (C=O) groups is 1. The Morgan fingerprint density at radius 1 is 1.06 bits per heavy atom. The van der Waals surface area contributed by atoms with E-state index >= 15 is 0 Å². The van der Waals surface area contributed by atoms with Crippen molar-refractivity contribution in [2.45, 2.75) is 0 Å². The Bertz CT molecular complexity index is 547. The summed E-state index contributed by atoms with van der Waals surface area (Å²) in [5.74, 6) is -0.234. The molecule has 0 fully saturated rings. The molecular formula is C14H13N3O. The van der Waals surface area contributed by atoms with E-state index in [2.05, 4.69) is 10.5 Å². The SMILES string of the molecule is Nc1ccc(/C=N/NC(=O)c2ccccc2)cc1. The third-order valence-corrected chi connectivity index (χ3v) is 2.35. The number of benzene rings is 2. The Labute approximate surface area is 105 Å². The lowest BCUT2D eigenvalue weighted by atomic mass is 10.2. The van der Waals surface area contributed by atoms with Crippen LogP contribution >= 0.6 is 0 Å². The molecule has 0 aliphatic carbocycles. The lowest BCUT2D eigenvalue weighted by molar-refractivity contribution is 0.0955. The number of nitrogens with one attached hydrogen (secondary N) is 1. The van der Waals surface area contributed by atoms with Gasteiger partial charge in [0, 0.05) is 11.3 Å². The second-order valence-corrected chi connectivity index (χ2v) is 3.73. The highest BCUT2D eigenvalue weighted by molar-refractivity contribution is 5.94. The standard InChI is InChI=1S/C14H13N3O/c15-13-8-6-11(7-9-13)10-16-17-14(18)12-4-2-1-3-5-12/h1-10H,15H2,(H,17,18)/b16-10+. The van der Waals surface area contributed by atoms with Gasteiger partial charge in [0.15, 0.2) is 0 Å². The van der Waals surface area contributed by atoms with Gasteiger partial charge in [-0.3, -0.25) is 4.79 Å². The molecule has 2 aromatic carbocycles. The van der Waals surface area contributed by atoms with E-state index in [9.17, 15) is 4.79 Å². The van der Waals surface area contributed by atoms with E-state index in [1.54, 1.807) is 42.6 Å². The van der Waals surface area contributed by atoms with Gasteiger partial charge in [-0.2, -0.15) is 5.10 Å². The summed E-state index contributed by atoms with van der Waals surface area (Å²) in [4.78, 5) is 11.6. The summed E-state index contributed by atoms with van der Waals surface area (Å²) in [6, 6.07) is 16.1. The van der Waals surface area contributed by atoms with Crippen molar-refractivity contribution < 1.29 is 4.79 Å². The maximum absolute atomic E-state index is 11.6. The van der Waals surface area contributed by atoms with Crippen LogP contribution in [0.3, 0.4) is 0 Å². The van der Waals surface area contributed by atoms with Crippen LogP contribution in [-0.4, -0.2) is 12.1 Å². The first-order valence-corrected chi connectivity index (χ1v) is 5.50. The minimum Gasteiger partial charge on any atom is -0.399 e. The predicted molar refractivity (Wildman–Crippen MR) is 72.4 cm³/mol. The molecule has 0 saturated carbocycles. The number of amides is 1. The van der Waals surface area contributed by atoms with E-state index < -0.39 is 0 Å². The lowest BCUT2D eigenvalue weighted by Gasteiger charge is -1.99. The molecule has 4 heteroatoms. The van der Waals surface area contributed by atoms with E-state index in [4.69, 9.17) is 5.73 Å². The van der Waals surface area contributed by atoms with Gasteiger partial charge in [-0.1, -0.05) is 30.3 Å². The van der Waals surface area contributed by atoms with Crippen molar-refractivity contribution in [2.24, 2.45) is 5.10 Å². The molecule has 0 radical (unpaired) electrons. The van der Waals surface area contributed by atoms with Crippen LogP contribution in [0.5, 0.6) is 0 Å². The second kappa shape index (κ2) is 5.63. The quantitative estimate of drug-likeness (QED) is 0.489. The topological polar surface area (TPSA) is 67.5 Å². The van der Waals surface area contributed by atoms with Crippen molar-refractivity contribution in [1.29, 1.82) is 0 Å². The number of rotatable bonds is 3. The molecule has 0 aliphatic rings. The summed E-state index contributed by atoms with van der Waals surface area (Å²) < 4.78 is 0. The highest BCUT2D eigenvalue weighted by Crippen LogP contribution is 2.03. The third kappa shape index (κ3) is 3.18. The zero-order valence-corrected chi connectivity index (χ0v) is 9.71. The number of hydrogen-bond acceptors (Lipinski definition) is 3. The number of anilines is 1. The molecule has 2 aromatic rings. The third-order valence-electron chi connectivity index (χ3n) is 2.35. The monoisotopic (exact) mass is 239 g/mol. The van der Waals surface area contributed by atoms with Crippen molar-refractivity contribution in [3.05, 3.63) is 65.7 Å². The molecule has 0 atom stereocenters. The summed E-state index contributed by atoms with van der Waals surface area (Å²) in [6.07, 6.45) is 1.57. The first kappa shape index (κ1) is 11.9. The molecule has 0 aromatic heterocycles. The Morgan fingerprint density at radius 2 is 1.72 bits per heavy atom. The van der Waals surface area contributed by atoms with Crippen LogP contribution in [0.25, 0.3) is 0 Å². The average molecular weight is 239 g/mol. The van der Waals surface area contributed by atoms with Crippen molar-refractivity contribution in [3.8, 4) is 0 Å². The molecule has 2 rings (SSSR count). The second-order valence-electron chi connectivity index (χ2n) is 3.73. The van der Waals surface area contributed by atoms with Gasteiger partial charge in [0.25, 0.3) is 5.91 Å². The van der Waals surface area contributed by atoms with Gasteiger partial charge >= 0.3 is 0 Å². The first-order chi connectivity index (χ1) is 8.75. The Balaban J connectivity index is 1.96. The first-order valence-electron chi connectivity index (χ1n) is 5.50. The maximum atomic E-state index is 11.6. The van der Waals surface area contributed by atoms with Crippen molar-refractivity contribution in [1.82, 2.24) is 5.43 Å². The van der Waals surface area contributed by atoms with E-state index in [-0.39, 0.29) is 5.91 Å². The summed E-state index contributed by atoms with van der Waals surface area (Å²) in [5, 5.41) is 3.88. The van der Waals surface area contributed by atoms with Crippen LogP contribution in [0.1, 0.15) is 15.9 Å². The van der Waals surface area contributed by atoms with E-state index in [1.165, 1.54) is 0 Å². The number of nitrogen functional groups attached to an aromatic ring is 1. The highest BCUT2D eigenvalue weighted by atomic mass is 16.2. The van der Waals surface area contributed by atoms with Gasteiger partial charge < -0.3 is 5.73 Å². The molecule has 4 nitrogen and oxygen atoms in total. The zero-order chi connectivity index (χ0) is 12.8. The lowest BCUT2D eigenvalue weighted by Crippen LogP contribution is -2.17. The fraction of sp³-hybridized carbons (Fsp3) is 0. The largest absolute Gasteiger partial charge is 0.399 e. The Kier molecular flexibility index (Phi) is 3.71. The van der Waals surface area contributed by atoms with Crippen LogP contribution in [-0.2, 0) is 0 Å². The van der Waals surface area contributed by atoms with Crippen LogP contribution in [0, 0.1) is 0 Å². The maximum Gasteiger partial charge on any atom is 0.271 e. The van der Waals surface area contributed by atoms with Crippen LogP contribution in [0.15, 0.2) is 59.7 Å². The molecule has 0 unspecified atom stereocenters. The van der Waals surface area contributed by atoms with Gasteiger partial charge in [-0.15, -0.1) is 0 Å². The minimum atomic E-state index is -0.234. The Morgan fingerprint density at radius 3 is 2.39 bits per heavy atom. The molecule has 90 valence electrons. The van der Waals surface area contributed by atoms with Crippen LogP contribution in [0.2, 0.25) is 0 Å². The summed E-state index contributed by atoms with van der Waals surface area (Å²) >= 11 is 0. The molecule has 0 heterocycles. The molecule has 0 bridgehead atoms. The molecule has 1 amide bonds. The number of hydrogen-bond donors (Lipinski definition) is 2. The van der Waals surface area contributed by atoms with E-state index in [1.807, 2.05) is 18.2 Å². The van der Waals surface area contributed by atoms with Crippen molar-refractivity contribution in [3.63, 3.8) is 0 Å². The summed E-state index contributed by atoms with van der Waals surface area (Å²) in [6.45, 7) is 0. The Hall–Kier alpha value is -2.62. The van der Waals surface area contributed by atoms with Crippen molar-refractivity contribution >= 4 is 17.8 Å². The van der Waals surface area contributed by atoms with Crippen LogP contribution in [0.4, 0.5) is 5.69 Å². The number of carbonyl (C=O) groups excluding carboxylic acids is 1. The normalized spacial score (nSPS) is 10.4. The molecule has 3 N–H and O–H groups in total. The van der Waals surface area contributed by atoms with Gasteiger partial charge in [-0.25, -0.2) is 5.43 Å². The number of hydrazone groups is 1. The zero-order valence-electron chi connectivity index (χ0n) is 9.71. The number of nitrogens with zero attached hydrogens (tertiary/aromatic N) is 1. The van der Waals surface area contributed by atoms with Crippen LogP contribution < -0.4 is 11.2 Å².